The molecule has 1 aromatic carbocycles. The number of benzene rings is 1. The number of amides is 1. The summed E-state index contributed by atoms with van der Waals surface area (Å²) < 4.78 is 39.9. The summed E-state index contributed by atoms with van der Waals surface area (Å²) in [5.74, 6) is 1.33. The van der Waals surface area contributed by atoms with E-state index in [1.54, 1.807) is 17.9 Å². The lowest BCUT2D eigenvalue weighted by Crippen LogP contribution is -2.60. The Morgan fingerprint density at radius 1 is 1.26 bits per heavy atom. The number of halogens is 4. The molecule has 2 aromatic rings. The predicted octanol–water partition coefficient (Wildman–Crippen LogP) is 5.27. The van der Waals surface area contributed by atoms with Crippen molar-refractivity contribution in [1.82, 2.24) is 14.9 Å². The number of carbonyl (C=O) groups is 1. The van der Waals surface area contributed by atoms with E-state index in [2.05, 4.69) is 15.3 Å². The van der Waals surface area contributed by atoms with Crippen molar-refractivity contribution in [2.24, 2.45) is 11.3 Å². The van der Waals surface area contributed by atoms with Crippen LogP contribution >= 0.6 is 11.6 Å². The molecule has 0 saturated heterocycles. The zero-order valence-corrected chi connectivity index (χ0v) is 17.9. The molecule has 4 aliphatic rings. The molecule has 0 spiro atoms. The summed E-state index contributed by atoms with van der Waals surface area (Å²) in [7, 11) is 0. The van der Waals surface area contributed by atoms with Crippen molar-refractivity contribution >= 4 is 23.3 Å². The Morgan fingerprint density at radius 2 is 1.97 bits per heavy atom. The molecule has 0 unspecified atom stereocenters. The summed E-state index contributed by atoms with van der Waals surface area (Å²) >= 11 is 6.12. The highest BCUT2D eigenvalue weighted by molar-refractivity contribution is 6.28. The van der Waals surface area contributed by atoms with Gasteiger partial charge in [-0.25, -0.2) is 9.97 Å². The van der Waals surface area contributed by atoms with Crippen LogP contribution in [-0.2, 0) is 24.1 Å². The van der Waals surface area contributed by atoms with E-state index in [-0.39, 0.29) is 22.2 Å². The van der Waals surface area contributed by atoms with E-state index in [0.29, 0.717) is 36.1 Å². The first-order chi connectivity index (χ1) is 14.6. The minimum atomic E-state index is -4.42. The van der Waals surface area contributed by atoms with E-state index in [1.165, 1.54) is 13.0 Å². The molecule has 1 aliphatic heterocycles. The fraction of sp³-hybridized carbons (Fsp3) is 0.500. The van der Waals surface area contributed by atoms with E-state index in [0.717, 1.165) is 30.9 Å². The lowest BCUT2D eigenvalue weighted by molar-refractivity contribution is -0.177. The van der Waals surface area contributed by atoms with Gasteiger partial charge in [0.05, 0.1) is 35.8 Å². The first-order valence-electron chi connectivity index (χ1n) is 10.4. The molecule has 3 fully saturated rings. The second-order valence-electron chi connectivity index (χ2n) is 9.07. The molecule has 31 heavy (non-hydrogen) atoms. The standard InChI is InChI=1S/C22H22ClF3N4O/c1-11-14(4-3-5-16(11)22(24,25)26)12(2)27-18-15-9-30(10-17(15)28-20(23)29-18)19(31)21-6-13(7-21)8-21/h3-5,12-13H,6-10H2,1-2H3,(H,27,28,29)/t12-,13?,21?/m1/s1. The van der Waals surface area contributed by atoms with Crippen molar-refractivity contribution in [3.63, 3.8) is 0 Å². The summed E-state index contributed by atoms with van der Waals surface area (Å²) in [4.78, 5) is 23.4. The second kappa shape index (κ2) is 6.82. The number of nitrogens with one attached hydrogen (secondary N) is 1. The minimum absolute atomic E-state index is 0.0500. The molecule has 1 amide bonds. The molecular formula is C22H22ClF3N4O. The third kappa shape index (κ3) is 3.26. The van der Waals surface area contributed by atoms with Gasteiger partial charge >= 0.3 is 6.18 Å². The van der Waals surface area contributed by atoms with Crippen LogP contribution in [0.3, 0.4) is 0 Å². The van der Waals surface area contributed by atoms with E-state index >= 15 is 0 Å². The van der Waals surface area contributed by atoms with Crippen molar-refractivity contribution < 1.29 is 18.0 Å². The number of alkyl halides is 3. The molecule has 2 heterocycles. The van der Waals surface area contributed by atoms with Crippen LogP contribution in [0.5, 0.6) is 0 Å². The molecule has 5 nitrogen and oxygen atoms in total. The van der Waals surface area contributed by atoms with E-state index < -0.39 is 17.8 Å². The monoisotopic (exact) mass is 450 g/mol. The van der Waals surface area contributed by atoms with Crippen LogP contribution in [0.4, 0.5) is 19.0 Å². The summed E-state index contributed by atoms with van der Waals surface area (Å²) in [5, 5.41) is 3.26. The lowest BCUT2D eigenvalue weighted by atomic mass is 9.44. The lowest BCUT2D eigenvalue weighted by Gasteiger charge is -2.61. The number of aromatic nitrogens is 2. The maximum atomic E-state index is 13.3. The quantitative estimate of drug-likeness (QED) is 0.644. The Bertz CT molecular complexity index is 1070. The van der Waals surface area contributed by atoms with Crippen LogP contribution in [0.25, 0.3) is 0 Å². The van der Waals surface area contributed by atoms with Crippen molar-refractivity contribution in [3.8, 4) is 0 Å². The Kier molecular flexibility index (Phi) is 4.52. The van der Waals surface area contributed by atoms with Crippen LogP contribution in [0.15, 0.2) is 18.2 Å². The minimum Gasteiger partial charge on any atom is -0.363 e. The number of rotatable bonds is 4. The van der Waals surface area contributed by atoms with Gasteiger partial charge < -0.3 is 10.2 Å². The van der Waals surface area contributed by atoms with Crippen molar-refractivity contribution in [2.45, 2.75) is 58.4 Å². The number of hydrogen-bond donors (Lipinski definition) is 1. The summed E-state index contributed by atoms with van der Waals surface area (Å²) in [5.41, 5.74) is 1.33. The average molecular weight is 451 g/mol. The van der Waals surface area contributed by atoms with Gasteiger partial charge in [0.2, 0.25) is 11.2 Å². The Morgan fingerprint density at radius 3 is 2.58 bits per heavy atom. The van der Waals surface area contributed by atoms with Gasteiger partial charge in [0.25, 0.3) is 0 Å². The highest BCUT2D eigenvalue weighted by Gasteiger charge is 2.62. The molecule has 9 heteroatoms. The van der Waals surface area contributed by atoms with Gasteiger partial charge in [-0.2, -0.15) is 13.2 Å². The highest BCUT2D eigenvalue weighted by atomic mass is 35.5. The Hall–Kier alpha value is -2.35. The maximum Gasteiger partial charge on any atom is 0.416 e. The molecular weight excluding hydrogens is 429 g/mol. The zero-order chi connectivity index (χ0) is 22.1. The predicted molar refractivity (Wildman–Crippen MR) is 109 cm³/mol. The fourth-order valence-corrected chi connectivity index (χ4v) is 5.46. The highest BCUT2D eigenvalue weighted by Crippen LogP contribution is 2.65. The summed E-state index contributed by atoms with van der Waals surface area (Å²) in [6, 6.07) is 3.72. The van der Waals surface area contributed by atoms with Gasteiger partial charge in [-0.1, -0.05) is 12.1 Å². The van der Waals surface area contributed by atoms with Crippen molar-refractivity contribution in [3.05, 3.63) is 51.4 Å². The topological polar surface area (TPSA) is 58.1 Å². The van der Waals surface area contributed by atoms with Gasteiger partial charge in [-0.05, 0) is 67.8 Å². The number of fused-ring (bicyclic) bond motifs is 1. The average Bonchev–Trinajstić information content (AvgIpc) is 3.02. The molecule has 3 saturated carbocycles. The fourth-order valence-electron chi connectivity index (χ4n) is 5.28. The van der Waals surface area contributed by atoms with E-state index in [9.17, 15) is 18.0 Å². The first-order valence-corrected chi connectivity index (χ1v) is 10.7. The van der Waals surface area contributed by atoms with Crippen LogP contribution in [0.1, 0.15) is 60.2 Å². The largest absolute Gasteiger partial charge is 0.416 e. The van der Waals surface area contributed by atoms with Crippen LogP contribution in [0, 0.1) is 18.3 Å². The van der Waals surface area contributed by atoms with Crippen molar-refractivity contribution in [2.75, 3.05) is 5.32 Å². The second-order valence-corrected chi connectivity index (χ2v) is 9.41. The summed E-state index contributed by atoms with van der Waals surface area (Å²) in [6.07, 6.45) is -1.49. The van der Waals surface area contributed by atoms with Crippen LogP contribution in [0.2, 0.25) is 5.28 Å². The Balaban J connectivity index is 1.40. The van der Waals surface area contributed by atoms with Gasteiger partial charge in [0.15, 0.2) is 0 Å². The molecule has 0 radical (unpaired) electrons. The molecule has 164 valence electrons. The van der Waals surface area contributed by atoms with Gasteiger partial charge in [0.1, 0.15) is 5.82 Å². The molecule has 2 bridgehead atoms. The number of carbonyl (C=O) groups excluding carboxylic acids is 1. The summed E-state index contributed by atoms with van der Waals surface area (Å²) in [6.45, 7) is 4.02. The first kappa shape index (κ1) is 20.5. The van der Waals surface area contributed by atoms with Gasteiger partial charge in [-0.3, -0.25) is 4.79 Å². The van der Waals surface area contributed by atoms with Gasteiger partial charge in [0, 0.05) is 5.56 Å². The van der Waals surface area contributed by atoms with E-state index in [1.807, 2.05) is 0 Å². The smallest absolute Gasteiger partial charge is 0.363 e. The van der Waals surface area contributed by atoms with Crippen molar-refractivity contribution in [1.29, 1.82) is 0 Å². The molecule has 1 N–H and O–H groups in total. The van der Waals surface area contributed by atoms with Gasteiger partial charge in [-0.15, -0.1) is 0 Å². The normalized spacial score (nSPS) is 24.8. The molecule has 3 aliphatic carbocycles. The zero-order valence-electron chi connectivity index (χ0n) is 17.2. The number of hydrogen-bond acceptors (Lipinski definition) is 4. The molecule has 1 aromatic heterocycles. The Labute approximate surface area is 183 Å². The molecule has 1 atom stereocenters. The van der Waals surface area contributed by atoms with E-state index in [4.69, 9.17) is 11.6 Å². The number of anilines is 1. The van der Waals surface area contributed by atoms with Crippen LogP contribution < -0.4 is 5.32 Å². The maximum absolute atomic E-state index is 13.3. The van der Waals surface area contributed by atoms with Crippen LogP contribution in [-0.4, -0.2) is 20.8 Å². The molecule has 6 rings (SSSR count). The number of nitrogens with zero attached hydrogens (tertiary/aromatic N) is 3. The SMILES string of the molecule is Cc1c([C@@H](C)Nc2nc(Cl)nc3c2CN(C(=O)C24CC(C2)C4)C3)cccc1C(F)(F)F. The third-order valence-corrected chi connectivity index (χ3v) is 7.20. The third-order valence-electron chi connectivity index (χ3n) is 7.04.